The van der Waals surface area contributed by atoms with Crippen molar-refractivity contribution in [2.75, 3.05) is 5.32 Å². The third kappa shape index (κ3) is 2.53. The lowest BCUT2D eigenvalue weighted by Gasteiger charge is -2.06. The average Bonchev–Trinajstić information content (AvgIpc) is 2.72. The fourth-order valence-electron chi connectivity index (χ4n) is 1.71. The normalized spacial score (nSPS) is 16.5. The Morgan fingerprint density at radius 1 is 1.59 bits per heavy atom. The second kappa shape index (κ2) is 4.93. The van der Waals surface area contributed by atoms with Gasteiger partial charge in [-0.3, -0.25) is 9.59 Å². The maximum absolute atomic E-state index is 11.6. The van der Waals surface area contributed by atoms with Gasteiger partial charge in [0.05, 0.1) is 16.6 Å². The molecule has 1 heterocycles. The van der Waals surface area contributed by atoms with Gasteiger partial charge in [0.1, 0.15) is 0 Å². The second-order valence-electron chi connectivity index (χ2n) is 4.08. The summed E-state index contributed by atoms with van der Waals surface area (Å²) in [4.78, 5) is 28.2. The van der Waals surface area contributed by atoms with Gasteiger partial charge in [-0.2, -0.15) is 0 Å². The number of amides is 1. The van der Waals surface area contributed by atoms with Crippen LogP contribution in [0.5, 0.6) is 0 Å². The Kier molecular flexibility index (Phi) is 3.54. The zero-order chi connectivity index (χ0) is 12.4. The number of nitrogens with two attached hydrogens (primary N) is 1. The number of anilines is 1. The van der Waals surface area contributed by atoms with Gasteiger partial charge >= 0.3 is 0 Å². The van der Waals surface area contributed by atoms with Crippen molar-refractivity contribution in [3.8, 4) is 0 Å². The molecule has 2 rings (SSSR count). The third-order valence-electron chi connectivity index (χ3n) is 2.77. The molecule has 0 saturated carbocycles. The highest BCUT2D eigenvalue weighted by Crippen LogP contribution is 2.29. The lowest BCUT2D eigenvalue weighted by molar-refractivity contribution is -0.117. The number of nitrogens with zero attached hydrogens (tertiary/aromatic N) is 1. The molecule has 1 aliphatic carbocycles. The molecule has 0 radical (unpaired) electrons. The van der Waals surface area contributed by atoms with Gasteiger partial charge < -0.3 is 11.1 Å². The lowest BCUT2D eigenvalue weighted by Crippen LogP contribution is -2.34. The quantitative estimate of drug-likeness (QED) is 0.851. The molecule has 92 valence electrons. The van der Waals surface area contributed by atoms with Crippen LogP contribution in [-0.2, 0) is 11.2 Å². The maximum Gasteiger partial charge on any atom is 0.243 e. The van der Waals surface area contributed by atoms with Crippen LogP contribution in [0.1, 0.15) is 41.6 Å². The monoisotopic (exact) mass is 253 g/mol. The van der Waals surface area contributed by atoms with E-state index in [9.17, 15) is 9.59 Å². The molecule has 0 aromatic carbocycles. The van der Waals surface area contributed by atoms with Gasteiger partial charge in [0.2, 0.25) is 5.91 Å². The number of carbonyl (C=O) groups excluding carboxylic acids is 2. The van der Waals surface area contributed by atoms with Crippen LogP contribution in [0.3, 0.4) is 0 Å². The fourth-order valence-corrected chi connectivity index (χ4v) is 2.69. The number of aromatic nitrogens is 1. The first-order chi connectivity index (χ1) is 8.11. The first-order valence-corrected chi connectivity index (χ1v) is 6.52. The Morgan fingerprint density at radius 3 is 3.00 bits per heavy atom. The van der Waals surface area contributed by atoms with Gasteiger partial charge in [0.15, 0.2) is 10.9 Å². The number of thiazole rings is 1. The number of carbonyl (C=O) groups is 2. The summed E-state index contributed by atoms with van der Waals surface area (Å²) < 4.78 is 0. The standard InChI is InChI=1S/C11H15N3O2S/c1-2-6(12)10(16)14-11-13-7-4-3-5-8(15)9(7)17-11/h6H,2-5,12H2,1H3,(H,13,14,16)/t6-/m1/s1. The zero-order valence-corrected chi connectivity index (χ0v) is 10.5. The van der Waals surface area contributed by atoms with Crippen LogP contribution in [0.15, 0.2) is 0 Å². The van der Waals surface area contributed by atoms with Gasteiger partial charge in [-0.15, -0.1) is 0 Å². The zero-order valence-electron chi connectivity index (χ0n) is 9.66. The van der Waals surface area contributed by atoms with Crippen molar-refractivity contribution in [2.24, 2.45) is 5.73 Å². The summed E-state index contributed by atoms with van der Waals surface area (Å²) >= 11 is 1.25. The highest BCUT2D eigenvalue weighted by Gasteiger charge is 2.23. The predicted molar refractivity (Wildman–Crippen MR) is 66.3 cm³/mol. The summed E-state index contributed by atoms with van der Waals surface area (Å²) in [6.45, 7) is 1.85. The van der Waals surface area contributed by atoms with Crippen molar-refractivity contribution < 1.29 is 9.59 Å². The summed E-state index contributed by atoms with van der Waals surface area (Å²) in [5.74, 6) is -0.116. The molecular weight excluding hydrogens is 238 g/mol. The van der Waals surface area contributed by atoms with E-state index in [0.29, 0.717) is 22.9 Å². The molecule has 6 heteroatoms. The van der Waals surface area contributed by atoms with Crippen molar-refractivity contribution in [1.82, 2.24) is 4.98 Å². The van der Waals surface area contributed by atoms with Crippen molar-refractivity contribution >= 4 is 28.2 Å². The van der Waals surface area contributed by atoms with E-state index in [4.69, 9.17) is 5.73 Å². The van der Waals surface area contributed by atoms with Crippen molar-refractivity contribution in [2.45, 2.75) is 38.6 Å². The molecule has 1 atom stereocenters. The van der Waals surface area contributed by atoms with Crippen LogP contribution >= 0.6 is 11.3 Å². The average molecular weight is 253 g/mol. The van der Waals surface area contributed by atoms with Gasteiger partial charge in [0, 0.05) is 6.42 Å². The number of nitrogens with one attached hydrogen (secondary N) is 1. The minimum atomic E-state index is -0.522. The molecule has 0 unspecified atom stereocenters. The summed E-state index contributed by atoms with van der Waals surface area (Å²) in [7, 11) is 0. The SMILES string of the molecule is CC[C@@H](N)C(=O)Nc1nc2c(s1)C(=O)CCC2. The molecule has 0 aliphatic heterocycles. The predicted octanol–water partition coefficient (Wildman–Crippen LogP) is 1.34. The molecule has 0 saturated heterocycles. The van der Waals surface area contributed by atoms with E-state index in [0.717, 1.165) is 18.5 Å². The molecule has 1 aromatic rings. The van der Waals surface area contributed by atoms with E-state index in [-0.39, 0.29) is 11.7 Å². The number of fused-ring (bicyclic) bond motifs is 1. The molecule has 0 spiro atoms. The Labute approximate surface area is 103 Å². The third-order valence-corrected chi connectivity index (χ3v) is 3.83. The fraction of sp³-hybridized carbons (Fsp3) is 0.545. The molecule has 1 aliphatic rings. The number of hydrogen-bond donors (Lipinski definition) is 2. The van der Waals surface area contributed by atoms with Crippen LogP contribution < -0.4 is 11.1 Å². The number of aryl methyl sites for hydroxylation is 1. The van der Waals surface area contributed by atoms with Gasteiger partial charge in [0.25, 0.3) is 0 Å². The van der Waals surface area contributed by atoms with E-state index in [2.05, 4.69) is 10.3 Å². The van der Waals surface area contributed by atoms with Gasteiger partial charge in [-0.25, -0.2) is 4.98 Å². The summed E-state index contributed by atoms with van der Waals surface area (Å²) in [6, 6.07) is -0.522. The molecule has 17 heavy (non-hydrogen) atoms. The Balaban J connectivity index is 2.13. The van der Waals surface area contributed by atoms with Crippen LogP contribution in [0.4, 0.5) is 5.13 Å². The number of rotatable bonds is 3. The first-order valence-electron chi connectivity index (χ1n) is 5.71. The Morgan fingerprint density at radius 2 is 2.35 bits per heavy atom. The molecule has 5 nitrogen and oxygen atoms in total. The number of ketones is 1. The topological polar surface area (TPSA) is 85.1 Å². The van der Waals surface area contributed by atoms with E-state index in [1.165, 1.54) is 11.3 Å². The molecular formula is C11H15N3O2S. The van der Waals surface area contributed by atoms with Crippen LogP contribution in [0.2, 0.25) is 0 Å². The van der Waals surface area contributed by atoms with Crippen molar-refractivity contribution in [3.05, 3.63) is 10.6 Å². The number of Topliss-reactive ketones (excluding diaryl/α,β-unsaturated/α-hetero) is 1. The second-order valence-corrected chi connectivity index (χ2v) is 5.07. The summed E-state index contributed by atoms with van der Waals surface area (Å²) in [6.07, 6.45) is 2.82. The summed E-state index contributed by atoms with van der Waals surface area (Å²) in [5, 5.41) is 3.15. The number of hydrogen-bond acceptors (Lipinski definition) is 5. The minimum Gasteiger partial charge on any atom is -0.320 e. The van der Waals surface area contributed by atoms with E-state index < -0.39 is 6.04 Å². The Hall–Kier alpha value is -1.27. The van der Waals surface area contributed by atoms with E-state index in [1.807, 2.05) is 6.92 Å². The molecule has 0 fully saturated rings. The highest BCUT2D eigenvalue weighted by molar-refractivity contribution is 7.17. The van der Waals surface area contributed by atoms with E-state index >= 15 is 0 Å². The van der Waals surface area contributed by atoms with Crippen molar-refractivity contribution in [3.63, 3.8) is 0 Å². The lowest BCUT2D eigenvalue weighted by atomic mass is 10.0. The van der Waals surface area contributed by atoms with Crippen molar-refractivity contribution in [1.29, 1.82) is 0 Å². The first kappa shape index (κ1) is 12.2. The van der Waals surface area contributed by atoms with E-state index in [1.54, 1.807) is 0 Å². The molecule has 1 aromatic heterocycles. The smallest absolute Gasteiger partial charge is 0.243 e. The molecule has 0 bridgehead atoms. The van der Waals surface area contributed by atoms with Crippen LogP contribution in [0.25, 0.3) is 0 Å². The summed E-state index contributed by atoms with van der Waals surface area (Å²) in [5.41, 5.74) is 6.42. The maximum atomic E-state index is 11.6. The van der Waals surface area contributed by atoms with Gasteiger partial charge in [-0.1, -0.05) is 18.3 Å². The van der Waals surface area contributed by atoms with Crippen LogP contribution in [0, 0.1) is 0 Å². The highest BCUT2D eigenvalue weighted by atomic mass is 32.1. The van der Waals surface area contributed by atoms with Crippen LogP contribution in [-0.4, -0.2) is 22.7 Å². The Bertz CT molecular complexity index is 456. The minimum absolute atomic E-state index is 0.129. The largest absolute Gasteiger partial charge is 0.320 e. The molecule has 1 amide bonds. The molecule has 3 N–H and O–H groups in total. The van der Waals surface area contributed by atoms with Gasteiger partial charge in [-0.05, 0) is 19.3 Å².